The first-order chi connectivity index (χ1) is 16.7. The summed E-state index contributed by atoms with van der Waals surface area (Å²) in [5.74, 6) is 1.09. The van der Waals surface area contributed by atoms with Crippen LogP contribution in [0.1, 0.15) is 48.2 Å². The highest BCUT2D eigenvalue weighted by atomic mass is 16.2. The van der Waals surface area contributed by atoms with E-state index < -0.39 is 6.03 Å². The topological polar surface area (TPSA) is 91.6 Å². The van der Waals surface area contributed by atoms with Crippen molar-refractivity contribution >= 4 is 23.4 Å². The number of nitrogens with one attached hydrogen (secondary N) is 1. The first-order valence-electron chi connectivity index (χ1n) is 12.0. The number of pyridine rings is 1. The van der Waals surface area contributed by atoms with Gasteiger partial charge in [0.25, 0.3) is 5.91 Å². The quantitative estimate of drug-likeness (QED) is 0.546. The van der Waals surface area contributed by atoms with Crippen LogP contribution in [0.5, 0.6) is 0 Å². The summed E-state index contributed by atoms with van der Waals surface area (Å²) < 4.78 is 0. The molecular weight excluding hydrogens is 438 g/mol. The molecule has 1 fully saturated rings. The molecule has 1 aromatic heterocycles. The van der Waals surface area contributed by atoms with Crippen LogP contribution in [0.2, 0.25) is 0 Å². The van der Waals surface area contributed by atoms with Gasteiger partial charge >= 0.3 is 6.03 Å². The van der Waals surface area contributed by atoms with Crippen molar-refractivity contribution in [2.75, 3.05) is 29.9 Å². The number of carbonyl (C=O) groups excluding carboxylic acids is 2. The van der Waals surface area contributed by atoms with Gasteiger partial charge in [0.1, 0.15) is 5.82 Å². The van der Waals surface area contributed by atoms with E-state index in [0.717, 1.165) is 22.5 Å². The highest BCUT2D eigenvalue weighted by Gasteiger charge is 2.26. The van der Waals surface area contributed by atoms with E-state index in [9.17, 15) is 9.59 Å². The molecule has 2 heterocycles. The van der Waals surface area contributed by atoms with E-state index in [4.69, 9.17) is 5.73 Å². The predicted molar refractivity (Wildman–Crippen MR) is 141 cm³/mol. The Hall–Kier alpha value is -3.87. The molecule has 182 valence electrons. The number of primary amides is 1. The minimum Gasteiger partial charge on any atom is -0.351 e. The molecule has 1 unspecified atom stereocenters. The van der Waals surface area contributed by atoms with Gasteiger partial charge in [-0.05, 0) is 60.2 Å². The molecule has 1 aliphatic heterocycles. The third-order valence-electron chi connectivity index (χ3n) is 6.62. The highest BCUT2D eigenvalue weighted by Crippen LogP contribution is 2.30. The molecule has 3 amide bonds. The van der Waals surface area contributed by atoms with Gasteiger partial charge in [-0.3, -0.25) is 4.79 Å². The molecule has 3 aromatic rings. The number of amides is 3. The average molecular weight is 472 g/mol. The number of aryl methyl sites for hydroxylation is 1. The van der Waals surface area contributed by atoms with E-state index in [0.29, 0.717) is 36.8 Å². The maximum Gasteiger partial charge on any atom is 0.314 e. The lowest BCUT2D eigenvalue weighted by molar-refractivity contribution is 0.102. The summed E-state index contributed by atoms with van der Waals surface area (Å²) in [6.45, 7) is 10.2. The van der Waals surface area contributed by atoms with Gasteiger partial charge in [0.15, 0.2) is 0 Å². The number of aromatic nitrogens is 1. The van der Waals surface area contributed by atoms with Crippen molar-refractivity contribution in [1.82, 2.24) is 9.88 Å². The van der Waals surface area contributed by atoms with Crippen LogP contribution in [0, 0.1) is 6.92 Å². The zero-order valence-electron chi connectivity index (χ0n) is 20.8. The minimum absolute atomic E-state index is 0.0983. The van der Waals surface area contributed by atoms with Crippen LogP contribution in [0.25, 0.3) is 11.1 Å². The number of urea groups is 1. The van der Waals surface area contributed by atoms with Gasteiger partial charge in [-0.1, -0.05) is 50.2 Å². The standard InChI is InChI=1S/C28H33N5O2/c1-18(2)21-8-10-22(11-9-21)26-19(3)6-5-7-24(26)27(34)31-23-12-13-25(30-16-23)33-15-14-32(28(29)35)17-20(33)4/h5-13,16,18,20H,14-15,17H2,1-4H3,(H2,29,35)(H,31,34). The molecule has 35 heavy (non-hydrogen) atoms. The van der Waals surface area contributed by atoms with Crippen molar-refractivity contribution in [2.45, 2.75) is 39.7 Å². The van der Waals surface area contributed by atoms with Crippen LogP contribution in [0.4, 0.5) is 16.3 Å². The van der Waals surface area contributed by atoms with Crippen molar-refractivity contribution in [1.29, 1.82) is 0 Å². The average Bonchev–Trinajstić information content (AvgIpc) is 2.84. The minimum atomic E-state index is -0.395. The molecule has 7 nitrogen and oxygen atoms in total. The summed E-state index contributed by atoms with van der Waals surface area (Å²) >= 11 is 0. The number of carbonyl (C=O) groups is 2. The Morgan fingerprint density at radius 2 is 1.80 bits per heavy atom. The number of benzene rings is 2. The Bertz CT molecular complexity index is 1210. The molecule has 0 saturated carbocycles. The molecule has 3 N–H and O–H groups in total. The van der Waals surface area contributed by atoms with E-state index in [-0.39, 0.29) is 11.9 Å². The zero-order chi connectivity index (χ0) is 25.1. The van der Waals surface area contributed by atoms with Crippen LogP contribution in [0.3, 0.4) is 0 Å². The smallest absolute Gasteiger partial charge is 0.314 e. The van der Waals surface area contributed by atoms with Crippen molar-refractivity contribution in [3.8, 4) is 11.1 Å². The Morgan fingerprint density at radius 1 is 1.06 bits per heavy atom. The first kappa shape index (κ1) is 24.3. The highest BCUT2D eigenvalue weighted by molar-refractivity contribution is 6.09. The number of piperazine rings is 1. The fraction of sp³-hybridized carbons (Fsp3) is 0.321. The lowest BCUT2D eigenvalue weighted by Crippen LogP contribution is -2.55. The van der Waals surface area contributed by atoms with Gasteiger partial charge in [-0.2, -0.15) is 0 Å². The summed E-state index contributed by atoms with van der Waals surface area (Å²) in [7, 11) is 0. The van der Waals surface area contributed by atoms with Gasteiger partial charge in [-0.15, -0.1) is 0 Å². The lowest BCUT2D eigenvalue weighted by Gasteiger charge is -2.39. The summed E-state index contributed by atoms with van der Waals surface area (Å²) in [5.41, 5.74) is 10.9. The molecule has 1 aliphatic rings. The largest absolute Gasteiger partial charge is 0.351 e. The number of rotatable bonds is 5. The molecule has 7 heteroatoms. The SMILES string of the molecule is Cc1cccc(C(=O)Nc2ccc(N3CCN(C(N)=O)CC3C)nc2)c1-c1ccc(C(C)C)cc1. The van der Waals surface area contributed by atoms with Crippen molar-refractivity contribution in [2.24, 2.45) is 5.73 Å². The van der Waals surface area contributed by atoms with Gasteiger partial charge in [0.2, 0.25) is 0 Å². The van der Waals surface area contributed by atoms with Crippen molar-refractivity contribution in [3.05, 3.63) is 77.5 Å². The van der Waals surface area contributed by atoms with E-state index in [2.05, 4.69) is 53.3 Å². The van der Waals surface area contributed by atoms with Crippen LogP contribution >= 0.6 is 0 Å². The first-order valence-corrected chi connectivity index (χ1v) is 12.0. The molecule has 1 saturated heterocycles. The van der Waals surface area contributed by atoms with Gasteiger partial charge in [0, 0.05) is 31.2 Å². The predicted octanol–water partition coefficient (Wildman–Crippen LogP) is 5.02. The van der Waals surface area contributed by atoms with E-state index >= 15 is 0 Å². The molecule has 4 rings (SSSR count). The van der Waals surface area contributed by atoms with Crippen LogP contribution in [-0.2, 0) is 0 Å². The molecule has 2 aromatic carbocycles. The second-order valence-corrected chi connectivity index (χ2v) is 9.46. The Labute approximate surface area is 207 Å². The van der Waals surface area contributed by atoms with Gasteiger partial charge in [0.05, 0.1) is 11.9 Å². The molecule has 0 bridgehead atoms. The summed E-state index contributed by atoms with van der Waals surface area (Å²) in [6.07, 6.45) is 1.67. The van der Waals surface area contributed by atoms with Gasteiger partial charge in [-0.25, -0.2) is 9.78 Å². The molecular formula is C28H33N5O2. The summed E-state index contributed by atoms with van der Waals surface area (Å²) in [6, 6.07) is 17.7. The number of nitrogens with zero attached hydrogens (tertiary/aromatic N) is 3. The van der Waals surface area contributed by atoms with E-state index in [1.54, 1.807) is 11.1 Å². The second kappa shape index (κ2) is 10.2. The lowest BCUT2D eigenvalue weighted by atomic mass is 9.92. The Balaban J connectivity index is 1.51. The fourth-order valence-corrected chi connectivity index (χ4v) is 4.60. The molecule has 0 radical (unpaired) electrons. The van der Waals surface area contributed by atoms with Crippen molar-refractivity contribution in [3.63, 3.8) is 0 Å². The third kappa shape index (κ3) is 5.29. The van der Waals surface area contributed by atoms with Crippen LogP contribution in [-0.4, -0.2) is 47.5 Å². The van der Waals surface area contributed by atoms with Crippen LogP contribution in [0.15, 0.2) is 60.8 Å². The number of hydrogen-bond donors (Lipinski definition) is 2. The number of hydrogen-bond acceptors (Lipinski definition) is 4. The fourth-order valence-electron chi connectivity index (χ4n) is 4.60. The Morgan fingerprint density at radius 3 is 2.40 bits per heavy atom. The Kier molecular flexibility index (Phi) is 7.05. The third-order valence-corrected chi connectivity index (χ3v) is 6.62. The molecule has 0 spiro atoms. The van der Waals surface area contributed by atoms with Crippen LogP contribution < -0.4 is 16.0 Å². The maximum absolute atomic E-state index is 13.3. The number of anilines is 2. The van der Waals surface area contributed by atoms with E-state index in [1.165, 1.54) is 5.56 Å². The molecule has 0 aliphatic carbocycles. The van der Waals surface area contributed by atoms with Crippen molar-refractivity contribution < 1.29 is 9.59 Å². The zero-order valence-corrected chi connectivity index (χ0v) is 20.8. The van der Waals surface area contributed by atoms with Gasteiger partial charge < -0.3 is 20.9 Å². The normalized spacial score (nSPS) is 15.9. The summed E-state index contributed by atoms with van der Waals surface area (Å²) in [4.78, 5) is 33.1. The molecule has 1 atom stereocenters. The summed E-state index contributed by atoms with van der Waals surface area (Å²) in [5, 5.41) is 3.00. The maximum atomic E-state index is 13.3. The van der Waals surface area contributed by atoms with E-state index in [1.807, 2.05) is 44.2 Å². The second-order valence-electron chi connectivity index (χ2n) is 9.46. The number of nitrogens with two attached hydrogens (primary N) is 1. The monoisotopic (exact) mass is 471 g/mol.